The summed E-state index contributed by atoms with van der Waals surface area (Å²) in [6.07, 6.45) is 1.67. The number of pyridine rings is 1. The summed E-state index contributed by atoms with van der Waals surface area (Å²) in [6, 6.07) is 10.6. The molecule has 0 aliphatic heterocycles. The average Bonchev–Trinajstić information content (AvgIpc) is 2.51. The highest BCUT2D eigenvalue weighted by Crippen LogP contribution is 2.15. The summed E-state index contributed by atoms with van der Waals surface area (Å²) < 4.78 is 0. The van der Waals surface area contributed by atoms with Crippen molar-refractivity contribution >= 4 is 35.5 Å². The Morgan fingerprint density at radius 1 is 1.14 bits per heavy atom. The topological polar surface area (TPSA) is 71.2 Å². The van der Waals surface area contributed by atoms with Gasteiger partial charge < -0.3 is 16.0 Å². The first kappa shape index (κ1) is 17.8. The average molecular weight is 321 g/mol. The molecule has 0 fully saturated rings. The van der Waals surface area contributed by atoms with Gasteiger partial charge in [-0.1, -0.05) is 0 Å². The molecule has 22 heavy (non-hydrogen) atoms. The normalized spacial score (nSPS) is 9.73. The van der Waals surface area contributed by atoms with Gasteiger partial charge in [-0.2, -0.15) is 0 Å². The molecule has 0 aliphatic rings. The molecule has 3 N–H and O–H groups in total. The molecule has 6 heteroatoms. The quantitative estimate of drug-likeness (QED) is 0.830. The van der Waals surface area contributed by atoms with Gasteiger partial charge in [0.05, 0.1) is 11.9 Å². The Morgan fingerprint density at radius 3 is 2.27 bits per heavy atom. The molecule has 0 spiro atoms. The Bertz CT molecular complexity index is 595. The Kier molecular flexibility index (Phi) is 6.66. The molecule has 5 nitrogen and oxygen atoms in total. The van der Waals surface area contributed by atoms with Crippen molar-refractivity contribution in [3.8, 4) is 0 Å². The molecule has 1 amide bonds. The Hall–Kier alpha value is -2.27. The molecule has 1 aromatic heterocycles. The fourth-order valence-electron chi connectivity index (χ4n) is 2.03. The number of aromatic nitrogens is 1. The molecule has 0 aliphatic carbocycles. The molecule has 0 bridgehead atoms. The van der Waals surface area contributed by atoms with Gasteiger partial charge in [-0.15, -0.1) is 12.4 Å². The Morgan fingerprint density at radius 2 is 1.77 bits per heavy atom. The van der Waals surface area contributed by atoms with Crippen molar-refractivity contribution < 1.29 is 4.79 Å². The molecule has 0 unspecified atom stereocenters. The van der Waals surface area contributed by atoms with Crippen LogP contribution in [0.15, 0.2) is 42.6 Å². The monoisotopic (exact) mass is 320 g/mol. The number of benzene rings is 1. The van der Waals surface area contributed by atoms with Gasteiger partial charge in [-0.05, 0) is 50.2 Å². The third kappa shape index (κ3) is 4.36. The van der Waals surface area contributed by atoms with Gasteiger partial charge in [0.2, 0.25) is 0 Å². The van der Waals surface area contributed by atoms with E-state index in [-0.39, 0.29) is 18.3 Å². The van der Waals surface area contributed by atoms with Gasteiger partial charge in [0.15, 0.2) is 0 Å². The van der Waals surface area contributed by atoms with Gasteiger partial charge in [-0.25, -0.2) is 4.98 Å². The van der Waals surface area contributed by atoms with Crippen molar-refractivity contribution in [2.75, 3.05) is 29.0 Å². The molecular formula is C16H21ClN4O. The van der Waals surface area contributed by atoms with Crippen molar-refractivity contribution in [2.24, 2.45) is 0 Å². The highest BCUT2D eigenvalue weighted by Gasteiger charge is 2.07. The lowest BCUT2D eigenvalue weighted by molar-refractivity contribution is 0.102. The number of rotatable bonds is 5. The summed E-state index contributed by atoms with van der Waals surface area (Å²) in [5.41, 5.74) is 7.48. The van der Waals surface area contributed by atoms with E-state index >= 15 is 0 Å². The van der Waals surface area contributed by atoms with Gasteiger partial charge in [0, 0.05) is 24.3 Å². The van der Waals surface area contributed by atoms with Gasteiger partial charge >= 0.3 is 0 Å². The lowest BCUT2D eigenvalue weighted by Gasteiger charge is -2.19. The minimum absolute atomic E-state index is 0. The summed E-state index contributed by atoms with van der Waals surface area (Å²) in [5, 5.41) is 2.82. The number of anilines is 3. The largest absolute Gasteiger partial charge is 0.399 e. The molecule has 118 valence electrons. The van der Waals surface area contributed by atoms with Crippen LogP contribution in [0.25, 0.3) is 0 Å². The van der Waals surface area contributed by atoms with Crippen molar-refractivity contribution in [2.45, 2.75) is 13.8 Å². The van der Waals surface area contributed by atoms with Crippen molar-refractivity contribution in [3.05, 3.63) is 48.2 Å². The maximum atomic E-state index is 12.1. The molecular weight excluding hydrogens is 300 g/mol. The molecule has 0 atom stereocenters. The lowest BCUT2D eigenvalue weighted by Crippen LogP contribution is -2.22. The number of nitrogens with two attached hydrogens (primary N) is 1. The number of amides is 1. The molecule has 2 aromatic rings. The van der Waals surface area contributed by atoms with Crippen LogP contribution in [-0.4, -0.2) is 24.0 Å². The number of nitrogens with one attached hydrogen (secondary N) is 1. The molecule has 0 saturated carbocycles. The van der Waals surface area contributed by atoms with Crippen LogP contribution in [0.3, 0.4) is 0 Å². The van der Waals surface area contributed by atoms with Crippen molar-refractivity contribution in [1.82, 2.24) is 4.98 Å². The van der Waals surface area contributed by atoms with Crippen LogP contribution in [0.1, 0.15) is 24.2 Å². The number of nitrogens with zero attached hydrogens (tertiary/aromatic N) is 2. The van der Waals surface area contributed by atoms with E-state index in [2.05, 4.69) is 29.0 Å². The van der Waals surface area contributed by atoms with Crippen molar-refractivity contribution in [3.63, 3.8) is 0 Å². The number of hydrogen-bond donors (Lipinski definition) is 2. The zero-order valence-corrected chi connectivity index (χ0v) is 13.6. The van der Waals surface area contributed by atoms with E-state index < -0.39 is 0 Å². The van der Waals surface area contributed by atoms with E-state index in [1.54, 1.807) is 30.5 Å². The summed E-state index contributed by atoms with van der Waals surface area (Å²) in [5.74, 6) is 0.734. The maximum Gasteiger partial charge on any atom is 0.255 e. The predicted molar refractivity (Wildman–Crippen MR) is 93.9 cm³/mol. The van der Waals surface area contributed by atoms with Crippen molar-refractivity contribution in [1.29, 1.82) is 0 Å². The molecule has 2 rings (SSSR count). The van der Waals surface area contributed by atoms with Crippen LogP contribution in [0, 0.1) is 0 Å². The zero-order valence-electron chi connectivity index (χ0n) is 12.7. The standard InChI is InChI=1S/C16H20N4O.ClH/c1-3-20(4-2)15-10-9-14(11-18-15)19-16(21)12-5-7-13(17)8-6-12;/h5-11H,3-4,17H2,1-2H3,(H,19,21);1H. The molecule has 1 aromatic carbocycles. The third-order valence-electron chi connectivity index (χ3n) is 3.27. The highest BCUT2D eigenvalue weighted by molar-refractivity contribution is 6.04. The zero-order chi connectivity index (χ0) is 15.2. The second kappa shape index (κ2) is 8.24. The van der Waals surface area contributed by atoms with Crippen LogP contribution in [0.5, 0.6) is 0 Å². The van der Waals surface area contributed by atoms with Crippen LogP contribution < -0.4 is 16.0 Å². The number of nitrogen functional groups attached to an aromatic ring is 1. The Labute approximate surface area is 136 Å². The SMILES string of the molecule is CCN(CC)c1ccc(NC(=O)c2ccc(N)cc2)cn1.Cl. The van der Waals surface area contributed by atoms with E-state index in [9.17, 15) is 4.79 Å². The van der Waals surface area contributed by atoms with Gasteiger partial charge in [0.1, 0.15) is 5.82 Å². The van der Waals surface area contributed by atoms with E-state index in [4.69, 9.17) is 5.73 Å². The van der Waals surface area contributed by atoms with Gasteiger partial charge in [-0.3, -0.25) is 4.79 Å². The number of carbonyl (C=O) groups excluding carboxylic acids is 1. The van der Waals surface area contributed by atoms with Crippen LogP contribution in [-0.2, 0) is 0 Å². The van der Waals surface area contributed by atoms with E-state index in [1.165, 1.54) is 0 Å². The number of carbonyl (C=O) groups is 1. The van der Waals surface area contributed by atoms with Crippen LogP contribution >= 0.6 is 12.4 Å². The van der Waals surface area contributed by atoms with Crippen LogP contribution in [0.4, 0.5) is 17.2 Å². The second-order valence-electron chi connectivity index (χ2n) is 4.65. The molecule has 1 heterocycles. The first-order valence-corrected chi connectivity index (χ1v) is 7.02. The second-order valence-corrected chi connectivity index (χ2v) is 4.65. The Balaban J connectivity index is 0.00000242. The maximum absolute atomic E-state index is 12.1. The number of hydrogen-bond acceptors (Lipinski definition) is 4. The van der Waals surface area contributed by atoms with Gasteiger partial charge in [0.25, 0.3) is 5.91 Å². The minimum atomic E-state index is -0.174. The van der Waals surface area contributed by atoms with E-state index in [0.29, 0.717) is 16.9 Å². The summed E-state index contributed by atoms with van der Waals surface area (Å²) in [6.45, 7) is 5.98. The predicted octanol–water partition coefficient (Wildman–Crippen LogP) is 3.18. The number of halogens is 1. The third-order valence-corrected chi connectivity index (χ3v) is 3.27. The first-order valence-electron chi connectivity index (χ1n) is 7.02. The molecule has 0 radical (unpaired) electrons. The lowest BCUT2D eigenvalue weighted by atomic mass is 10.2. The highest BCUT2D eigenvalue weighted by atomic mass is 35.5. The first-order chi connectivity index (χ1) is 10.1. The fraction of sp³-hybridized carbons (Fsp3) is 0.250. The van der Waals surface area contributed by atoms with E-state index in [1.807, 2.05) is 12.1 Å². The molecule has 0 saturated heterocycles. The summed E-state index contributed by atoms with van der Waals surface area (Å²) in [4.78, 5) is 18.6. The minimum Gasteiger partial charge on any atom is -0.399 e. The smallest absolute Gasteiger partial charge is 0.255 e. The fourth-order valence-corrected chi connectivity index (χ4v) is 2.03. The summed E-state index contributed by atoms with van der Waals surface area (Å²) >= 11 is 0. The summed E-state index contributed by atoms with van der Waals surface area (Å²) in [7, 11) is 0. The van der Waals surface area contributed by atoms with Crippen LogP contribution in [0.2, 0.25) is 0 Å². The van der Waals surface area contributed by atoms with E-state index in [0.717, 1.165) is 18.9 Å².